The summed E-state index contributed by atoms with van der Waals surface area (Å²) in [4.78, 5) is 14.2. The Morgan fingerprint density at radius 2 is 1.86 bits per heavy atom. The van der Waals surface area contributed by atoms with Gasteiger partial charge in [-0.1, -0.05) is 12.1 Å². The fourth-order valence-corrected chi connectivity index (χ4v) is 3.16. The van der Waals surface area contributed by atoms with Crippen LogP contribution in [0.15, 0.2) is 24.3 Å². The summed E-state index contributed by atoms with van der Waals surface area (Å²) in [6.07, 6.45) is -3.42. The molecule has 1 heterocycles. The normalized spacial score (nSPS) is 20.5. The minimum absolute atomic E-state index is 0.0314. The summed E-state index contributed by atoms with van der Waals surface area (Å²) in [6, 6.07) is 7.37. The monoisotopic (exact) mass is 313 g/mol. The van der Waals surface area contributed by atoms with Crippen LogP contribution in [0.5, 0.6) is 5.75 Å². The molecular formula is C16H18F3NO2. The highest BCUT2D eigenvalue weighted by Gasteiger charge is 2.55. The van der Waals surface area contributed by atoms with E-state index in [1.54, 1.807) is 12.0 Å². The molecule has 1 aliphatic heterocycles. The van der Waals surface area contributed by atoms with Gasteiger partial charge in [0.05, 0.1) is 12.5 Å². The second-order valence-electron chi connectivity index (χ2n) is 6.21. The first-order chi connectivity index (χ1) is 10.3. The van der Waals surface area contributed by atoms with Gasteiger partial charge >= 0.3 is 6.18 Å². The van der Waals surface area contributed by atoms with Crippen LogP contribution in [0.25, 0.3) is 0 Å². The van der Waals surface area contributed by atoms with E-state index in [1.165, 1.54) is 0 Å². The Labute approximate surface area is 127 Å². The molecule has 2 aliphatic rings. The van der Waals surface area contributed by atoms with Crippen molar-refractivity contribution in [1.29, 1.82) is 0 Å². The van der Waals surface area contributed by atoms with Crippen molar-refractivity contribution in [3.8, 4) is 5.75 Å². The highest BCUT2D eigenvalue weighted by atomic mass is 19.4. The van der Waals surface area contributed by atoms with E-state index in [0.717, 1.165) is 24.2 Å². The van der Waals surface area contributed by atoms with Crippen LogP contribution in [-0.2, 0) is 10.2 Å². The Kier molecular flexibility index (Phi) is 3.57. The van der Waals surface area contributed by atoms with Gasteiger partial charge in [0.15, 0.2) is 0 Å². The van der Waals surface area contributed by atoms with Crippen molar-refractivity contribution in [2.24, 2.45) is 5.92 Å². The van der Waals surface area contributed by atoms with E-state index in [1.807, 2.05) is 24.3 Å². The second-order valence-corrected chi connectivity index (χ2v) is 6.21. The molecule has 0 aromatic heterocycles. The fourth-order valence-electron chi connectivity index (χ4n) is 3.16. The van der Waals surface area contributed by atoms with Gasteiger partial charge in [0.25, 0.3) is 0 Å². The van der Waals surface area contributed by atoms with Gasteiger partial charge in [-0.2, -0.15) is 13.2 Å². The van der Waals surface area contributed by atoms with Gasteiger partial charge in [-0.25, -0.2) is 0 Å². The molecule has 1 saturated heterocycles. The lowest BCUT2D eigenvalue weighted by Crippen LogP contribution is -2.54. The highest BCUT2D eigenvalue weighted by Crippen LogP contribution is 2.51. The van der Waals surface area contributed by atoms with Crippen LogP contribution in [0, 0.1) is 5.92 Å². The molecule has 1 aromatic rings. The zero-order valence-electron chi connectivity index (χ0n) is 12.3. The van der Waals surface area contributed by atoms with E-state index >= 15 is 0 Å². The predicted molar refractivity (Wildman–Crippen MR) is 74.6 cm³/mol. The summed E-state index contributed by atoms with van der Waals surface area (Å²) in [5, 5.41) is 0. The molecule has 1 saturated carbocycles. The molecule has 1 amide bonds. The third-order valence-electron chi connectivity index (χ3n) is 4.57. The van der Waals surface area contributed by atoms with Crippen LogP contribution in [0.4, 0.5) is 13.2 Å². The molecule has 0 atom stereocenters. The van der Waals surface area contributed by atoms with Crippen molar-refractivity contribution < 1.29 is 22.7 Å². The molecule has 0 radical (unpaired) electrons. The van der Waals surface area contributed by atoms with E-state index < -0.39 is 23.9 Å². The average Bonchev–Trinajstić information content (AvgIpc) is 3.22. The smallest absolute Gasteiger partial charge is 0.389 e. The fraction of sp³-hybridized carbons (Fsp3) is 0.562. The molecule has 0 unspecified atom stereocenters. The standard InChI is InChI=1S/C16H18F3NO2/c1-22-13-4-2-12(3-5-13)15(6-7-15)14(21)20-9-11(10-20)8-16(17,18)19/h2-5,11H,6-10H2,1H3. The Balaban J connectivity index is 1.63. The zero-order chi connectivity index (χ0) is 16.0. The Bertz CT molecular complexity index is 558. The number of halogens is 3. The molecule has 0 N–H and O–H groups in total. The lowest BCUT2D eigenvalue weighted by atomic mass is 9.89. The maximum Gasteiger partial charge on any atom is 0.389 e. The second kappa shape index (κ2) is 5.18. The number of ether oxygens (including phenoxy) is 1. The number of carbonyl (C=O) groups excluding carboxylic acids is 1. The van der Waals surface area contributed by atoms with E-state index in [9.17, 15) is 18.0 Å². The highest BCUT2D eigenvalue weighted by molar-refractivity contribution is 5.91. The van der Waals surface area contributed by atoms with Crippen LogP contribution in [0.2, 0.25) is 0 Å². The first kappa shape index (κ1) is 15.2. The summed E-state index contributed by atoms with van der Waals surface area (Å²) in [6.45, 7) is 0.437. The van der Waals surface area contributed by atoms with Crippen LogP contribution in [0.1, 0.15) is 24.8 Å². The van der Waals surface area contributed by atoms with E-state index in [4.69, 9.17) is 4.74 Å². The van der Waals surface area contributed by atoms with Gasteiger partial charge in [-0.15, -0.1) is 0 Å². The first-order valence-corrected chi connectivity index (χ1v) is 7.35. The summed E-state index contributed by atoms with van der Waals surface area (Å²) >= 11 is 0. The summed E-state index contributed by atoms with van der Waals surface area (Å²) in [7, 11) is 1.58. The van der Waals surface area contributed by atoms with E-state index in [-0.39, 0.29) is 19.0 Å². The van der Waals surface area contributed by atoms with Crippen molar-refractivity contribution in [3.63, 3.8) is 0 Å². The topological polar surface area (TPSA) is 29.5 Å². The lowest BCUT2D eigenvalue weighted by Gasteiger charge is -2.41. The predicted octanol–water partition coefficient (Wildman–Crippen LogP) is 3.14. The maximum absolute atomic E-state index is 12.6. The first-order valence-electron chi connectivity index (χ1n) is 7.35. The number of nitrogens with zero attached hydrogens (tertiary/aromatic N) is 1. The average molecular weight is 313 g/mol. The van der Waals surface area contributed by atoms with Gasteiger partial charge in [0.1, 0.15) is 5.75 Å². The van der Waals surface area contributed by atoms with Gasteiger partial charge in [-0.3, -0.25) is 4.79 Å². The number of hydrogen-bond donors (Lipinski definition) is 0. The molecule has 0 spiro atoms. The molecule has 2 fully saturated rings. The summed E-state index contributed by atoms with van der Waals surface area (Å²) < 4.78 is 42.1. The minimum atomic E-state index is -4.15. The van der Waals surface area contributed by atoms with Crippen molar-refractivity contribution in [1.82, 2.24) is 4.90 Å². The molecule has 1 aromatic carbocycles. The largest absolute Gasteiger partial charge is 0.497 e. The third kappa shape index (κ3) is 2.78. The molecule has 120 valence electrons. The number of hydrogen-bond acceptors (Lipinski definition) is 2. The van der Waals surface area contributed by atoms with E-state index in [0.29, 0.717) is 0 Å². The summed E-state index contributed by atoms with van der Waals surface area (Å²) in [5.41, 5.74) is 0.410. The number of alkyl halides is 3. The van der Waals surface area contributed by atoms with Gasteiger partial charge < -0.3 is 9.64 Å². The van der Waals surface area contributed by atoms with E-state index in [2.05, 4.69) is 0 Å². The van der Waals surface area contributed by atoms with Crippen molar-refractivity contribution >= 4 is 5.91 Å². The van der Waals surface area contributed by atoms with Crippen molar-refractivity contribution in [2.45, 2.75) is 30.9 Å². The van der Waals surface area contributed by atoms with Gasteiger partial charge in [-0.05, 0) is 30.5 Å². The Morgan fingerprint density at radius 3 is 2.32 bits per heavy atom. The Morgan fingerprint density at radius 1 is 1.27 bits per heavy atom. The number of rotatable bonds is 4. The number of likely N-dealkylation sites (tertiary alicyclic amines) is 1. The zero-order valence-corrected chi connectivity index (χ0v) is 12.3. The molecule has 3 nitrogen and oxygen atoms in total. The number of amides is 1. The van der Waals surface area contributed by atoms with Gasteiger partial charge in [0, 0.05) is 25.4 Å². The third-order valence-corrected chi connectivity index (χ3v) is 4.57. The molecule has 22 heavy (non-hydrogen) atoms. The van der Waals surface area contributed by atoms with Crippen LogP contribution in [-0.4, -0.2) is 37.2 Å². The summed E-state index contributed by atoms with van der Waals surface area (Å²) in [5.74, 6) is 0.243. The quantitative estimate of drug-likeness (QED) is 0.855. The molecule has 0 bridgehead atoms. The van der Waals surface area contributed by atoms with Crippen LogP contribution < -0.4 is 4.74 Å². The van der Waals surface area contributed by atoms with Crippen molar-refractivity contribution in [2.75, 3.05) is 20.2 Å². The van der Waals surface area contributed by atoms with Crippen molar-refractivity contribution in [3.05, 3.63) is 29.8 Å². The van der Waals surface area contributed by atoms with Crippen LogP contribution in [0.3, 0.4) is 0 Å². The molecule has 3 rings (SSSR count). The molecular weight excluding hydrogens is 295 g/mol. The number of benzene rings is 1. The maximum atomic E-state index is 12.6. The number of methoxy groups -OCH3 is 1. The minimum Gasteiger partial charge on any atom is -0.497 e. The molecule has 1 aliphatic carbocycles. The molecule has 6 heteroatoms. The Hall–Kier alpha value is -1.72. The number of carbonyl (C=O) groups is 1. The van der Waals surface area contributed by atoms with Crippen LogP contribution >= 0.6 is 0 Å². The van der Waals surface area contributed by atoms with Gasteiger partial charge in [0.2, 0.25) is 5.91 Å². The lowest BCUT2D eigenvalue weighted by molar-refractivity contribution is -0.164. The SMILES string of the molecule is COc1ccc(C2(C(=O)N3CC(CC(F)(F)F)C3)CC2)cc1.